The first-order valence-corrected chi connectivity index (χ1v) is 9.12. The summed E-state index contributed by atoms with van der Waals surface area (Å²) < 4.78 is 5.14. The van der Waals surface area contributed by atoms with Gasteiger partial charge in [0.15, 0.2) is 5.76 Å². The fourth-order valence-electron chi connectivity index (χ4n) is 3.14. The minimum atomic E-state index is -0.471. The zero-order chi connectivity index (χ0) is 19.1. The summed E-state index contributed by atoms with van der Waals surface area (Å²) in [6, 6.07) is 11.8. The Labute approximate surface area is 157 Å². The van der Waals surface area contributed by atoms with Gasteiger partial charge in [0.2, 0.25) is 5.91 Å². The lowest BCUT2D eigenvalue weighted by Crippen LogP contribution is -2.46. The zero-order valence-corrected chi connectivity index (χ0v) is 15.0. The van der Waals surface area contributed by atoms with E-state index < -0.39 is 6.04 Å². The molecule has 1 aromatic carbocycles. The van der Waals surface area contributed by atoms with Crippen LogP contribution < -0.4 is 10.6 Å². The van der Waals surface area contributed by atoms with Gasteiger partial charge in [-0.15, -0.1) is 0 Å². The van der Waals surface area contributed by atoms with Gasteiger partial charge in [-0.05, 0) is 43.5 Å². The predicted molar refractivity (Wildman–Crippen MR) is 99.2 cm³/mol. The van der Waals surface area contributed by atoms with Gasteiger partial charge in [0.25, 0.3) is 11.8 Å². The molecule has 7 nitrogen and oxygen atoms in total. The first-order valence-electron chi connectivity index (χ1n) is 9.12. The molecule has 142 valence electrons. The Balaban J connectivity index is 1.40. The number of likely N-dealkylation sites (tertiary alicyclic amines) is 1. The fraction of sp³-hybridized carbons (Fsp3) is 0.350. The molecule has 1 aliphatic rings. The van der Waals surface area contributed by atoms with Crippen molar-refractivity contribution in [3.05, 3.63) is 60.1 Å². The second kappa shape index (κ2) is 9.02. The Morgan fingerprint density at radius 1 is 1.04 bits per heavy atom. The van der Waals surface area contributed by atoms with Crippen LogP contribution in [0.25, 0.3) is 0 Å². The smallest absolute Gasteiger partial charge is 0.290 e. The third-order valence-corrected chi connectivity index (χ3v) is 4.52. The van der Waals surface area contributed by atoms with Gasteiger partial charge in [0, 0.05) is 25.2 Å². The molecule has 2 N–H and O–H groups in total. The highest BCUT2D eigenvalue weighted by Gasteiger charge is 2.35. The van der Waals surface area contributed by atoms with E-state index in [2.05, 4.69) is 10.6 Å². The molecule has 3 rings (SSSR count). The number of rotatable bonds is 7. The molecule has 0 saturated carbocycles. The summed E-state index contributed by atoms with van der Waals surface area (Å²) in [6.07, 6.45) is 3.49. The normalized spacial score (nSPS) is 16.1. The van der Waals surface area contributed by atoms with Crippen LogP contribution in [0.15, 0.2) is 53.1 Å². The maximum atomic E-state index is 12.4. The number of amides is 3. The van der Waals surface area contributed by atoms with Gasteiger partial charge in [0.05, 0.1) is 6.26 Å². The molecule has 1 fully saturated rings. The standard InChI is InChI=1S/C20H23N3O4/c24-18(15-7-2-1-3-8-15)21-11-6-12-22-19(25)16-9-4-13-23(16)20(26)17-10-5-14-27-17/h1-3,5,7-8,10,14,16H,4,6,9,11-13H2,(H,21,24)(H,22,25)/t16-/m0/s1. The summed E-state index contributed by atoms with van der Waals surface area (Å²) in [5.41, 5.74) is 0.611. The lowest BCUT2D eigenvalue weighted by molar-refractivity contribution is -0.124. The number of carbonyl (C=O) groups is 3. The van der Waals surface area contributed by atoms with Gasteiger partial charge in [-0.25, -0.2) is 0 Å². The van der Waals surface area contributed by atoms with Crippen molar-refractivity contribution < 1.29 is 18.8 Å². The van der Waals surface area contributed by atoms with Crippen LogP contribution in [0.1, 0.15) is 40.2 Å². The SMILES string of the molecule is O=C(NCCCNC(=O)[C@@H]1CCCN1C(=O)c1ccco1)c1ccccc1. The monoisotopic (exact) mass is 369 g/mol. The number of furan rings is 1. The molecule has 1 atom stereocenters. The van der Waals surface area contributed by atoms with Crippen molar-refractivity contribution in [3.8, 4) is 0 Å². The van der Waals surface area contributed by atoms with Crippen LogP contribution in [0.3, 0.4) is 0 Å². The quantitative estimate of drug-likeness (QED) is 0.728. The molecule has 3 amide bonds. The number of nitrogens with zero attached hydrogens (tertiary/aromatic N) is 1. The molecule has 1 aromatic heterocycles. The highest BCUT2D eigenvalue weighted by atomic mass is 16.3. The molecule has 2 heterocycles. The lowest BCUT2D eigenvalue weighted by Gasteiger charge is -2.23. The molecule has 1 aliphatic heterocycles. The number of benzene rings is 1. The second-order valence-corrected chi connectivity index (χ2v) is 6.40. The first-order chi connectivity index (χ1) is 13.2. The second-order valence-electron chi connectivity index (χ2n) is 6.40. The van der Waals surface area contributed by atoms with E-state index in [0.717, 1.165) is 6.42 Å². The summed E-state index contributed by atoms with van der Waals surface area (Å²) >= 11 is 0. The van der Waals surface area contributed by atoms with E-state index in [4.69, 9.17) is 4.42 Å². The average molecular weight is 369 g/mol. The van der Waals surface area contributed by atoms with Crippen molar-refractivity contribution in [3.63, 3.8) is 0 Å². The summed E-state index contributed by atoms with van der Waals surface area (Å²) in [4.78, 5) is 38.3. The van der Waals surface area contributed by atoms with Gasteiger partial charge < -0.3 is 20.0 Å². The highest BCUT2D eigenvalue weighted by Crippen LogP contribution is 2.20. The largest absolute Gasteiger partial charge is 0.459 e. The molecule has 2 aromatic rings. The van der Waals surface area contributed by atoms with Crippen molar-refractivity contribution in [1.29, 1.82) is 0 Å². The van der Waals surface area contributed by atoms with Crippen molar-refractivity contribution >= 4 is 17.7 Å². The fourth-order valence-corrected chi connectivity index (χ4v) is 3.14. The van der Waals surface area contributed by atoms with E-state index in [1.807, 2.05) is 18.2 Å². The van der Waals surface area contributed by atoms with Crippen LogP contribution in [-0.4, -0.2) is 48.3 Å². The number of hydrogen-bond donors (Lipinski definition) is 2. The third-order valence-electron chi connectivity index (χ3n) is 4.52. The summed E-state index contributed by atoms with van der Waals surface area (Å²) in [7, 11) is 0. The molecule has 0 bridgehead atoms. The molecular formula is C20H23N3O4. The molecule has 0 aliphatic carbocycles. The van der Waals surface area contributed by atoms with Gasteiger partial charge in [-0.3, -0.25) is 14.4 Å². The van der Waals surface area contributed by atoms with Crippen LogP contribution in [0.5, 0.6) is 0 Å². The van der Waals surface area contributed by atoms with E-state index >= 15 is 0 Å². The van der Waals surface area contributed by atoms with E-state index in [1.54, 1.807) is 29.2 Å². The summed E-state index contributed by atoms with van der Waals surface area (Å²) in [5, 5.41) is 5.67. The van der Waals surface area contributed by atoms with Crippen LogP contribution >= 0.6 is 0 Å². The van der Waals surface area contributed by atoms with Gasteiger partial charge in [-0.2, -0.15) is 0 Å². The molecule has 0 radical (unpaired) electrons. The Kier molecular flexibility index (Phi) is 6.25. The van der Waals surface area contributed by atoms with Crippen LogP contribution in [0.2, 0.25) is 0 Å². The van der Waals surface area contributed by atoms with Gasteiger partial charge in [0.1, 0.15) is 6.04 Å². The predicted octanol–water partition coefficient (Wildman–Crippen LogP) is 1.82. The number of nitrogens with one attached hydrogen (secondary N) is 2. The van der Waals surface area contributed by atoms with Crippen LogP contribution in [-0.2, 0) is 4.79 Å². The Morgan fingerprint density at radius 3 is 2.56 bits per heavy atom. The zero-order valence-electron chi connectivity index (χ0n) is 15.0. The topological polar surface area (TPSA) is 91.7 Å². The number of carbonyl (C=O) groups excluding carboxylic acids is 3. The van der Waals surface area contributed by atoms with E-state index in [-0.39, 0.29) is 23.5 Å². The molecule has 27 heavy (non-hydrogen) atoms. The molecular weight excluding hydrogens is 346 g/mol. The Bertz CT molecular complexity index is 774. The minimum absolute atomic E-state index is 0.132. The molecule has 0 spiro atoms. The van der Waals surface area contributed by atoms with Crippen LogP contribution in [0, 0.1) is 0 Å². The molecule has 1 saturated heterocycles. The molecule has 7 heteroatoms. The van der Waals surface area contributed by atoms with E-state index in [0.29, 0.717) is 38.0 Å². The summed E-state index contributed by atoms with van der Waals surface area (Å²) in [6.45, 7) is 1.45. The van der Waals surface area contributed by atoms with Crippen LogP contribution in [0.4, 0.5) is 0 Å². The maximum Gasteiger partial charge on any atom is 0.290 e. The van der Waals surface area contributed by atoms with E-state index in [1.165, 1.54) is 6.26 Å². The third kappa shape index (κ3) is 4.75. The van der Waals surface area contributed by atoms with Crippen molar-refractivity contribution in [1.82, 2.24) is 15.5 Å². The highest BCUT2D eigenvalue weighted by molar-refractivity contribution is 5.96. The van der Waals surface area contributed by atoms with Gasteiger partial charge in [-0.1, -0.05) is 18.2 Å². The maximum absolute atomic E-state index is 12.4. The van der Waals surface area contributed by atoms with Crippen molar-refractivity contribution in [2.45, 2.75) is 25.3 Å². The van der Waals surface area contributed by atoms with Crippen molar-refractivity contribution in [2.75, 3.05) is 19.6 Å². The molecule has 0 unspecified atom stereocenters. The summed E-state index contributed by atoms with van der Waals surface area (Å²) in [5.74, 6) is -0.305. The van der Waals surface area contributed by atoms with E-state index in [9.17, 15) is 14.4 Å². The van der Waals surface area contributed by atoms with Gasteiger partial charge >= 0.3 is 0 Å². The van der Waals surface area contributed by atoms with Crippen molar-refractivity contribution in [2.24, 2.45) is 0 Å². The average Bonchev–Trinajstić information content (AvgIpc) is 3.39. The number of hydrogen-bond acceptors (Lipinski definition) is 4. The Hall–Kier alpha value is -3.09. The minimum Gasteiger partial charge on any atom is -0.459 e. The first kappa shape index (κ1) is 18.7. The Morgan fingerprint density at radius 2 is 1.81 bits per heavy atom. The lowest BCUT2D eigenvalue weighted by atomic mass is 10.2.